The average Bonchev–Trinajstić information content (AvgIpc) is 2.27. The summed E-state index contributed by atoms with van der Waals surface area (Å²) in [4.78, 5) is 10.6. The third kappa shape index (κ3) is 3.80. The number of ether oxygens (including phenoxy) is 1. The smallest absolute Gasteiger partial charge is 0.425 e. The molecule has 1 aromatic rings. The molecule has 1 atom stereocenters. The standard InChI is InChI=1S/C11H9F5O3/c1-5(11(14,15)16)19-8-3-2-6(10(17)18)4-7(8)9(12)13/h2-5,9H,1H3,(H,17,18). The number of carboxylic acid groups (broad SMARTS) is 1. The molecule has 8 heteroatoms. The number of benzene rings is 1. The lowest BCUT2D eigenvalue weighted by molar-refractivity contribution is -0.189. The first-order valence-corrected chi connectivity index (χ1v) is 5.01. The largest absolute Gasteiger partial charge is 0.481 e. The molecule has 0 aliphatic rings. The summed E-state index contributed by atoms with van der Waals surface area (Å²) in [6.07, 6.45) is -10.1. The van der Waals surface area contributed by atoms with Crippen LogP contribution in [0.2, 0.25) is 0 Å². The van der Waals surface area contributed by atoms with E-state index in [9.17, 15) is 26.7 Å². The zero-order valence-electron chi connectivity index (χ0n) is 9.54. The summed E-state index contributed by atoms with van der Waals surface area (Å²) in [6.45, 7) is 0.667. The zero-order chi connectivity index (χ0) is 14.8. The van der Waals surface area contributed by atoms with E-state index in [2.05, 4.69) is 4.74 Å². The number of carbonyl (C=O) groups is 1. The first-order chi connectivity index (χ1) is 8.62. The average molecular weight is 284 g/mol. The van der Waals surface area contributed by atoms with Gasteiger partial charge in [-0.3, -0.25) is 0 Å². The monoisotopic (exact) mass is 284 g/mol. The van der Waals surface area contributed by atoms with Crippen molar-refractivity contribution in [3.8, 4) is 5.75 Å². The van der Waals surface area contributed by atoms with E-state index in [1.807, 2.05) is 0 Å². The molecule has 0 bridgehead atoms. The van der Waals surface area contributed by atoms with Crippen molar-refractivity contribution in [2.75, 3.05) is 0 Å². The molecule has 1 rings (SSSR count). The van der Waals surface area contributed by atoms with Crippen molar-refractivity contribution in [1.82, 2.24) is 0 Å². The minimum Gasteiger partial charge on any atom is -0.481 e. The number of halogens is 5. The van der Waals surface area contributed by atoms with Crippen molar-refractivity contribution in [2.45, 2.75) is 25.6 Å². The molecule has 0 aliphatic carbocycles. The highest BCUT2D eigenvalue weighted by Crippen LogP contribution is 2.33. The maximum atomic E-state index is 12.7. The van der Waals surface area contributed by atoms with Crippen LogP contribution in [0.3, 0.4) is 0 Å². The van der Waals surface area contributed by atoms with Gasteiger partial charge in [0.1, 0.15) is 5.75 Å². The van der Waals surface area contributed by atoms with E-state index in [0.717, 1.165) is 12.1 Å². The minimum atomic E-state index is -4.70. The summed E-state index contributed by atoms with van der Waals surface area (Å²) in [7, 11) is 0. The highest BCUT2D eigenvalue weighted by molar-refractivity contribution is 5.88. The molecule has 0 fully saturated rings. The number of hydrogen-bond acceptors (Lipinski definition) is 2. The molecule has 106 valence electrons. The molecule has 0 heterocycles. The third-order valence-electron chi connectivity index (χ3n) is 2.26. The van der Waals surface area contributed by atoms with Gasteiger partial charge in [0.05, 0.1) is 11.1 Å². The quantitative estimate of drug-likeness (QED) is 0.858. The normalized spacial score (nSPS) is 13.4. The molecule has 1 aromatic carbocycles. The molecule has 19 heavy (non-hydrogen) atoms. The number of carboxylic acids is 1. The number of alkyl halides is 5. The predicted molar refractivity (Wildman–Crippen MR) is 54.5 cm³/mol. The molecule has 1 unspecified atom stereocenters. The summed E-state index contributed by atoms with van der Waals surface area (Å²) in [6, 6.07) is 2.27. The zero-order valence-corrected chi connectivity index (χ0v) is 9.54. The van der Waals surface area contributed by atoms with Gasteiger partial charge in [-0.05, 0) is 25.1 Å². The fraction of sp³-hybridized carbons (Fsp3) is 0.364. The van der Waals surface area contributed by atoms with Crippen LogP contribution in [0.1, 0.15) is 29.3 Å². The molecule has 0 aliphatic heterocycles. The SMILES string of the molecule is CC(Oc1ccc(C(=O)O)cc1C(F)F)C(F)(F)F. The molecule has 0 aromatic heterocycles. The van der Waals surface area contributed by atoms with E-state index in [0.29, 0.717) is 13.0 Å². The summed E-state index contributed by atoms with van der Waals surface area (Å²) in [5, 5.41) is 8.63. The fourth-order valence-electron chi connectivity index (χ4n) is 1.22. The van der Waals surface area contributed by atoms with Gasteiger partial charge in [-0.25, -0.2) is 13.6 Å². The first-order valence-electron chi connectivity index (χ1n) is 5.01. The van der Waals surface area contributed by atoms with Crippen molar-refractivity contribution in [3.63, 3.8) is 0 Å². The Morgan fingerprint density at radius 1 is 1.32 bits per heavy atom. The number of aromatic carboxylic acids is 1. The summed E-state index contributed by atoms with van der Waals surface area (Å²) in [5.41, 5.74) is -1.35. The molecular formula is C11H9F5O3. The van der Waals surface area contributed by atoms with Gasteiger partial charge in [0.2, 0.25) is 0 Å². The second-order valence-electron chi connectivity index (χ2n) is 3.66. The van der Waals surface area contributed by atoms with Gasteiger partial charge < -0.3 is 9.84 Å². The molecule has 0 saturated heterocycles. The molecule has 3 nitrogen and oxygen atoms in total. The Kier molecular flexibility index (Phi) is 4.33. The van der Waals surface area contributed by atoms with E-state index in [1.54, 1.807) is 0 Å². The fourth-order valence-corrected chi connectivity index (χ4v) is 1.22. The lowest BCUT2D eigenvalue weighted by Crippen LogP contribution is -2.31. The summed E-state index contributed by atoms with van der Waals surface area (Å²) in [5.74, 6) is -2.15. The summed E-state index contributed by atoms with van der Waals surface area (Å²) < 4.78 is 66.5. The molecule has 1 N–H and O–H groups in total. The van der Waals surface area contributed by atoms with Crippen molar-refractivity contribution in [2.24, 2.45) is 0 Å². The number of rotatable bonds is 4. The highest BCUT2D eigenvalue weighted by atomic mass is 19.4. The van der Waals surface area contributed by atoms with Crippen molar-refractivity contribution in [1.29, 1.82) is 0 Å². The van der Waals surface area contributed by atoms with Crippen LogP contribution in [-0.2, 0) is 0 Å². The Hall–Kier alpha value is -1.86. The van der Waals surface area contributed by atoms with Gasteiger partial charge >= 0.3 is 12.1 Å². The van der Waals surface area contributed by atoms with Gasteiger partial charge in [-0.1, -0.05) is 0 Å². The van der Waals surface area contributed by atoms with Crippen LogP contribution < -0.4 is 4.74 Å². The Labute approximate surface area is 104 Å². The van der Waals surface area contributed by atoms with Gasteiger partial charge in [0, 0.05) is 0 Å². The maximum absolute atomic E-state index is 12.7. The maximum Gasteiger partial charge on any atom is 0.425 e. The molecule has 0 amide bonds. The van der Waals surface area contributed by atoms with Gasteiger partial charge in [-0.15, -0.1) is 0 Å². The van der Waals surface area contributed by atoms with Gasteiger partial charge in [0.25, 0.3) is 6.43 Å². The number of hydrogen-bond donors (Lipinski definition) is 1. The summed E-state index contributed by atoms with van der Waals surface area (Å²) >= 11 is 0. The lowest BCUT2D eigenvalue weighted by Gasteiger charge is -2.19. The first kappa shape index (κ1) is 15.2. The predicted octanol–water partition coefficient (Wildman–Crippen LogP) is 3.65. The van der Waals surface area contributed by atoms with Crippen molar-refractivity contribution in [3.05, 3.63) is 29.3 Å². The third-order valence-corrected chi connectivity index (χ3v) is 2.26. The molecule has 0 radical (unpaired) electrons. The van der Waals surface area contributed by atoms with Gasteiger partial charge in [-0.2, -0.15) is 13.2 Å². The Morgan fingerprint density at radius 3 is 2.32 bits per heavy atom. The van der Waals surface area contributed by atoms with Crippen molar-refractivity contribution < 1.29 is 36.6 Å². The second kappa shape index (κ2) is 5.41. The Balaban J connectivity index is 3.11. The Bertz CT molecular complexity index is 470. The van der Waals surface area contributed by atoms with E-state index >= 15 is 0 Å². The molecule has 0 spiro atoms. The Morgan fingerprint density at radius 2 is 1.89 bits per heavy atom. The lowest BCUT2D eigenvalue weighted by atomic mass is 10.1. The topological polar surface area (TPSA) is 46.5 Å². The highest BCUT2D eigenvalue weighted by Gasteiger charge is 2.38. The van der Waals surface area contributed by atoms with E-state index in [1.165, 1.54) is 0 Å². The second-order valence-corrected chi connectivity index (χ2v) is 3.66. The molecular weight excluding hydrogens is 275 g/mol. The molecule has 0 saturated carbocycles. The van der Waals surface area contributed by atoms with Gasteiger partial charge in [0.15, 0.2) is 6.10 Å². The van der Waals surface area contributed by atoms with Crippen LogP contribution in [0.15, 0.2) is 18.2 Å². The van der Waals surface area contributed by atoms with Crippen LogP contribution in [0, 0.1) is 0 Å². The van der Waals surface area contributed by atoms with Crippen LogP contribution in [0.4, 0.5) is 22.0 Å². The van der Waals surface area contributed by atoms with E-state index < -0.39 is 41.6 Å². The van der Waals surface area contributed by atoms with Crippen LogP contribution in [0.25, 0.3) is 0 Å². The van der Waals surface area contributed by atoms with Crippen LogP contribution >= 0.6 is 0 Å². The minimum absolute atomic E-state index is 0.456. The van der Waals surface area contributed by atoms with Crippen LogP contribution in [0.5, 0.6) is 5.75 Å². The van der Waals surface area contributed by atoms with Crippen molar-refractivity contribution >= 4 is 5.97 Å². The van der Waals surface area contributed by atoms with E-state index in [-0.39, 0.29) is 0 Å². The van der Waals surface area contributed by atoms with E-state index in [4.69, 9.17) is 5.11 Å². The van der Waals surface area contributed by atoms with Crippen LogP contribution in [-0.4, -0.2) is 23.4 Å².